The van der Waals surface area contributed by atoms with Crippen LogP contribution < -0.4 is 10.5 Å². The maximum absolute atomic E-state index is 9.84. The van der Waals surface area contributed by atoms with Crippen LogP contribution >= 0.6 is 0 Å². The van der Waals surface area contributed by atoms with Crippen LogP contribution in [0.2, 0.25) is 0 Å². The maximum Gasteiger partial charge on any atom is 0.150 e. The van der Waals surface area contributed by atoms with Crippen molar-refractivity contribution in [2.75, 3.05) is 12.3 Å². The van der Waals surface area contributed by atoms with Crippen LogP contribution in [0.25, 0.3) is 27.8 Å². The second-order valence-electron chi connectivity index (χ2n) is 5.85. The molecule has 0 saturated carbocycles. The topological polar surface area (TPSA) is 86.2 Å². The molecule has 2 aromatic heterocycles. The van der Waals surface area contributed by atoms with E-state index < -0.39 is 0 Å². The van der Waals surface area contributed by atoms with E-state index in [0.717, 1.165) is 28.0 Å². The van der Waals surface area contributed by atoms with Crippen molar-refractivity contribution in [2.45, 2.75) is 6.92 Å². The fraction of sp³-hybridized carbons (Fsp3) is 0.100. The van der Waals surface area contributed by atoms with E-state index in [9.17, 15) is 5.11 Å². The van der Waals surface area contributed by atoms with Gasteiger partial charge in [-0.25, -0.2) is 9.97 Å². The predicted octanol–water partition coefficient (Wildman–Crippen LogP) is 3.77. The molecular formula is C20H18N4O2. The second-order valence-corrected chi connectivity index (χ2v) is 5.85. The highest BCUT2D eigenvalue weighted by Crippen LogP contribution is 2.35. The molecule has 2 heterocycles. The minimum Gasteiger partial charge on any atom is -0.508 e. The quantitative estimate of drug-likeness (QED) is 0.587. The average molecular weight is 346 g/mol. The van der Waals surface area contributed by atoms with Crippen molar-refractivity contribution in [1.82, 2.24) is 14.5 Å². The Labute approximate surface area is 150 Å². The molecule has 0 amide bonds. The minimum absolute atomic E-state index is 0.194. The lowest BCUT2D eigenvalue weighted by Gasteiger charge is -2.07. The largest absolute Gasteiger partial charge is 0.508 e. The van der Waals surface area contributed by atoms with E-state index in [1.807, 2.05) is 48.0 Å². The Hall–Kier alpha value is -3.54. The summed E-state index contributed by atoms with van der Waals surface area (Å²) >= 11 is 0. The third kappa shape index (κ3) is 2.71. The molecule has 0 aliphatic heterocycles. The van der Waals surface area contributed by atoms with E-state index >= 15 is 0 Å². The molecule has 0 fully saturated rings. The summed E-state index contributed by atoms with van der Waals surface area (Å²) < 4.78 is 7.47. The monoisotopic (exact) mass is 346 g/mol. The van der Waals surface area contributed by atoms with E-state index in [-0.39, 0.29) is 5.75 Å². The van der Waals surface area contributed by atoms with Crippen molar-refractivity contribution in [2.24, 2.45) is 0 Å². The lowest BCUT2D eigenvalue weighted by atomic mass is 10.1. The lowest BCUT2D eigenvalue weighted by molar-refractivity contribution is 0.340. The van der Waals surface area contributed by atoms with Crippen molar-refractivity contribution < 1.29 is 9.84 Å². The van der Waals surface area contributed by atoms with E-state index in [1.165, 1.54) is 6.33 Å². The number of hydrogen-bond donors (Lipinski definition) is 2. The number of anilines is 1. The third-order valence-corrected chi connectivity index (χ3v) is 4.20. The van der Waals surface area contributed by atoms with E-state index in [2.05, 4.69) is 9.97 Å². The Bertz CT molecular complexity index is 1070. The van der Waals surface area contributed by atoms with Gasteiger partial charge in [-0.15, -0.1) is 0 Å². The van der Waals surface area contributed by atoms with Crippen LogP contribution in [0.4, 0.5) is 5.82 Å². The molecule has 0 aliphatic carbocycles. The van der Waals surface area contributed by atoms with Crippen LogP contribution in [0.15, 0.2) is 61.1 Å². The van der Waals surface area contributed by atoms with Gasteiger partial charge in [0.25, 0.3) is 0 Å². The summed E-state index contributed by atoms with van der Waals surface area (Å²) in [5.74, 6) is 1.41. The van der Waals surface area contributed by atoms with Gasteiger partial charge in [-0.3, -0.25) is 0 Å². The highest BCUT2D eigenvalue weighted by Gasteiger charge is 2.16. The van der Waals surface area contributed by atoms with Gasteiger partial charge in [0.05, 0.1) is 12.0 Å². The van der Waals surface area contributed by atoms with Crippen molar-refractivity contribution in [3.63, 3.8) is 0 Å². The standard InChI is InChI=1S/C20H18N4O2/c1-2-26-16-8-6-14(7-9-16)24-11-17(13-4-3-5-15(25)10-13)18-19(21)22-12-23-20(18)24/h3-12,25H,2H2,1H3,(H2,21,22,23). The number of aromatic hydroxyl groups is 1. The number of nitrogens with zero attached hydrogens (tertiary/aromatic N) is 3. The zero-order chi connectivity index (χ0) is 18.1. The SMILES string of the molecule is CCOc1ccc(-n2cc(-c3cccc(O)c3)c3c(N)ncnc32)cc1. The van der Waals surface area contributed by atoms with Gasteiger partial charge in [0.15, 0.2) is 5.65 Å². The van der Waals surface area contributed by atoms with Gasteiger partial charge in [-0.05, 0) is 48.9 Å². The van der Waals surface area contributed by atoms with Gasteiger partial charge < -0.3 is 20.1 Å². The maximum atomic E-state index is 9.84. The number of ether oxygens (including phenoxy) is 1. The Kier molecular flexibility index (Phi) is 3.93. The predicted molar refractivity (Wildman–Crippen MR) is 102 cm³/mol. The molecule has 4 aromatic rings. The summed E-state index contributed by atoms with van der Waals surface area (Å²) in [7, 11) is 0. The van der Waals surface area contributed by atoms with Crippen molar-refractivity contribution >= 4 is 16.9 Å². The number of phenols is 1. The molecule has 0 spiro atoms. The number of fused-ring (bicyclic) bond motifs is 1. The molecule has 3 N–H and O–H groups in total. The second kappa shape index (κ2) is 6.40. The van der Waals surface area contributed by atoms with Crippen LogP contribution in [0.3, 0.4) is 0 Å². The summed E-state index contributed by atoms with van der Waals surface area (Å²) in [6.07, 6.45) is 3.41. The molecule has 0 aliphatic rings. The Morgan fingerprint density at radius 3 is 2.65 bits per heavy atom. The molecule has 0 unspecified atom stereocenters. The molecule has 0 radical (unpaired) electrons. The van der Waals surface area contributed by atoms with Gasteiger partial charge >= 0.3 is 0 Å². The van der Waals surface area contributed by atoms with Gasteiger partial charge in [0.2, 0.25) is 0 Å². The van der Waals surface area contributed by atoms with Gasteiger partial charge in [-0.2, -0.15) is 0 Å². The molecule has 26 heavy (non-hydrogen) atoms. The number of hydrogen-bond acceptors (Lipinski definition) is 5. The zero-order valence-electron chi connectivity index (χ0n) is 14.3. The van der Waals surface area contributed by atoms with Crippen molar-refractivity contribution in [3.8, 4) is 28.3 Å². The average Bonchev–Trinajstić information content (AvgIpc) is 3.04. The number of nitrogens with two attached hydrogens (primary N) is 1. The van der Waals surface area contributed by atoms with E-state index in [0.29, 0.717) is 18.1 Å². The Morgan fingerprint density at radius 1 is 1.12 bits per heavy atom. The fourth-order valence-electron chi connectivity index (χ4n) is 3.04. The van der Waals surface area contributed by atoms with Gasteiger partial charge in [0, 0.05) is 17.4 Å². The molecule has 2 aromatic carbocycles. The van der Waals surface area contributed by atoms with Gasteiger partial charge in [-0.1, -0.05) is 12.1 Å². The molecule has 0 bridgehead atoms. The molecule has 130 valence electrons. The molecule has 0 atom stereocenters. The summed E-state index contributed by atoms with van der Waals surface area (Å²) in [4.78, 5) is 8.56. The first-order valence-corrected chi connectivity index (χ1v) is 8.31. The number of aromatic nitrogens is 3. The smallest absolute Gasteiger partial charge is 0.150 e. The number of nitrogen functional groups attached to an aromatic ring is 1. The summed E-state index contributed by atoms with van der Waals surface area (Å²) in [5.41, 5.74) is 9.49. The van der Waals surface area contributed by atoms with Crippen LogP contribution in [0.1, 0.15) is 6.92 Å². The van der Waals surface area contributed by atoms with Crippen molar-refractivity contribution in [1.29, 1.82) is 0 Å². The summed E-state index contributed by atoms with van der Waals surface area (Å²) in [5, 5.41) is 10.6. The zero-order valence-corrected chi connectivity index (χ0v) is 14.3. The van der Waals surface area contributed by atoms with Crippen LogP contribution in [0.5, 0.6) is 11.5 Å². The van der Waals surface area contributed by atoms with Crippen LogP contribution in [-0.4, -0.2) is 26.2 Å². The molecule has 4 rings (SSSR count). The first kappa shape index (κ1) is 16.0. The van der Waals surface area contributed by atoms with Crippen LogP contribution in [-0.2, 0) is 0 Å². The summed E-state index contributed by atoms with van der Waals surface area (Å²) in [6.45, 7) is 2.58. The summed E-state index contributed by atoms with van der Waals surface area (Å²) in [6, 6.07) is 14.8. The minimum atomic E-state index is 0.194. The Morgan fingerprint density at radius 2 is 1.92 bits per heavy atom. The lowest BCUT2D eigenvalue weighted by Crippen LogP contribution is -1.97. The van der Waals surface area contributed by atoms with Crippen molar-refractivity contribution in [3.05, 3.63) is 61.1 Å². The molecular weight excluding hydrogens is 328 g/mol. The first-order valence-electron chi connectivity index (χ1n) is 8.31. The highest BCUT2D eigenvalue weighted by atomic mass is 16.5. The first-order chi connectivity index (χ1) is 12.7. The third-order valence-electron chi connectivity index (χ3n) is 4.20. The highest BCUT2D eigenvalue weighted by molar-refractivity contribution is 6.01. The van der Waals surface area contributed by atoms with Gasteiger partial charge in [0.1, 0.15) is 23.6 Å². The van der Waals surface area contributed by atoms with E-state index in [1.54, 1.807) is 18.2 Å². The number of benzene rings is 2. The normalized spacial score (nSPS) is 11.0. The fourth-order valence-corrected chi connectivity index (χ4v) is 3.04. The number of phenolic OH excluding ortho intramolecular Hbond substituents is 1. The molecule has 6 heteroatoms. The molecule has 6 nitrogen and oxygen atoms in total. The van der Waals surface area contributed by atoms with Crippen LogP contribution in [0, 0.1) is 0 Å². The van der Waals surface area contributed by atoms with E-state index in [4.69, 9.17) is 10.5 Å². The molecule has 0 saturated heterocycles. The Balaban J connectivity index is 1.92. The number of rotatable bonds is 4.